The van der Waals surface area contributed by atoms with E-state index in [0.29, 0.717) is 10.7 Å². The standard InChI is InChI=1S/C18H16BrFN2OS/c1-10-7-12(4-5-14(10)20)22-17(24)21-15-9-18(22,2)23-16-6-3-11(19)8-13(15)16/h3-8,15H,9H2,1-2H3,(H,21,24). The molecule has 2 aromatic rings. The average Bonchev–Trinajstić information content (AvgIpc) is 2.51. The van der Waals surface area contributed by atoms with Crippen molar-refractivity contribution in [2.75, 3.05) is 4.90 Å². The Morgan fingerprint density at radius 1 is 1.33 bits per heavy atom. The highest BCUT2D eigenvalue weighted by Crippen LogP contribution is 2.46. The van der Waals surface area contributed by atoms with Crippen LogP contribution in [0.25, 0.3) is 0 Å². The topological polar surface area (TPSA) is 24.5 Å². The number of nitrogens with zero attached hydrogens (tertiary/aromatic N) is 1. The Kier molecular flexibility index (Phi) is 3.58. The molecule has 2 bridgehead atoms. The van der Waals surface area contributed by atoms with Crippen molar-refractivity contribution in [2.24, 2.45) is 0 Å². The van der Waals surface area contributed by atoms with Gasteiger partial charge in [-0.15, -0.1) is 0 Å². The van der Waals surface area contributed by atoms with Crippen molar-refractivity contribution in [1.29, 1.82) is 0 Å². The number of rotatable bonds is 1. The van der Waals surface area contributed by atoms with Crippen molar-refractivity contribution in [2.45, 2.75) is 32.0 Å². The number of hydrogen-bond donors (Lipinski definition) is 1. The molecule has 0 spiro atoms. The number of nitrogens with one attached hydrogen (secondary N) is 1. The smallest absolute Gasteiger partial charge is 0.188 e. The fraction of sp³-hybridized carbons (Fsp3) is 0.278. The minimum atomic E-state index is -0.613. The lowest BCUT2D eigenvalue weighted by atomic mass is 9.90. The molecule has 0 radical (unpaired) electrons. The number of ether oxygens (including phenoxy) is 1. The summed E-state index contributed by atoms with van der Waals surface area (Å²) in [5.74, 6) is 0.619. The maximum Gasteiger partial charge on any atom is 0.188 e. The van der Waals surface area contributed by atoms with Gasteiger partial charge in [-0.1, -0.05) is 15.9 Å². The van der Waals surface area contributed by atoms with Crippen LogP contribution in [0.3, 0.4) is 0 Å². The second kappa shape index (κ2) is 5.43. The van der Waals surface area contributed by atoms with Crippen molar-refractivity contribution in [3.63, 3.8) is 0 Å². The van der Waals surface area contributed by atoms with E-state index >= 15 is 0 Å². The third-order valence-corrected chi connectivity index (χ3v) is 5.43. The van der Waals surface area contributed by atoms with Crippen molar-refractivity contribution < 1.29 is 9.13 Å². The van der Waals surface area contributed by atoms with Crippen molar-refractivity contribution in [3.05, 3.63) is 57.8 Å². The van der Waals surface area contributed by atoms with Gasteiger partial charge in [-0.05, 0) is 68.0 Å². The molecule has 4 rings (SSSR count). The molecule has 2 aromatic carbocycles. The molecule has 1 N–H and O–H groups in total. The molecule has 3 nitrogen and oxygen atoms in total. The minimum absolute atomic E-state index is 0.0987. The normalized spacial score (nSPS) is 24.9. The van der Waals surface area contributed by atoms with Gasteiger partial charge >= 0.3 is 0 Å². The van der Waals surface area contributed by atoms with Gasteiger partial charge in [0, 0.05) is 22.1 Å². The summed E-state index contributed by atoms with van der Waals surface area (Å²) in [6, 6.07) is 11.1. The first kappa shape index (κ1) is 15.8. The van der Waals surface area contributed by atoms with E-state index in [0.717, 1.165) is 27.9 Å². The molecule has 124 valence electrons. The summed E-state index contributed by atoms with van der Waals surface area (Å²) in [6.45, 7) is 3.77. The molecule has 6 heteroatoms. The Balaban J connectivity index is 1.80. The van der Waals surface area contributed by atoms with E-state index < -0.39 is 5.72 Å². The van der Waals surface area contributed by atoms with E-state index in [1.54, 1.807) is 19.1 Å². The Labute approximate surface area is 153 Å². The molecular formula is C18H16BrFN2OS. The summed E-state index contributed by atoms with van der Waals surface area (Å²) in [6.07, 6.45) is 0.743. The number of thiocarbonyl (C=S) groups is 1. The number of benzene rings is 2. The monoisotopic (exact) mass is 406 g/mol. The maximum absolute atomic E-state index is 13.6. The van der Waals surface area contributed by atoms with Gasteiger partial charge in [0.1, 0.15) is 11.6 Å². The number of hydrogen-bond acceptors (Lipinski definition) is 2. The first-order valence-electron chi connectivity index (χ1n) is 7.73. The largest absolute Gasteiger partial charge is 0.467 e. The number of aryl methyl sites for hydroxylation is 1. The lowest BCUT2D eigenvalue weighted by molar-refractivity contribution is 0.0497. The van der Waals surface area contributed by atoms with Crippen LogP contribution in [0.2, 0.25) is 0 Å². The van der Waals surface area contributed by atoms with Crippen LogP contribution < -0.4 is 15.0 Å². The summed E-state index contributed by atoms with van der Waals surface area (Å²) in [4.78, 5) is 1.94. The Morgan fingerprint density at radius 3 is 2.88 bits per heavy atom. The molecule has 0 amide bonds. The average molecular weight is 407 g/mol. The lowest BCUT2D eigenvalue weighted by Crippen LogP contribution is -2.65. The first-order valence-corrected chi connectivity index (χ1v) is 8.93. The van der Waals surface area contributed by atoms with Gasteiger partial charge in [0.15, 0.2) is 10.8 Å². The molecular weight excluding hydrogens is 391 g/mol. The minimum Gasteiger partial charge on any atom is -0.467 e. The van der Waals surface area contributed by atoms with Crippen LogP contribution in [-0.4, -0.2) is 10.8 Å². The number of halogens is 2. The van der Waals surface area contributed by atoms with Gasteiger partial charge < -0.3 is 10.1 Å². The van der Waals surface area contributed by atoms with Crippen LogP contribution in [0.1, 0.15) is 30.5 Å². The van der Waals surface area contributed by atoms with Crippen LogP contribution in [0.5, 0.6) is 5.75 Å². The highest BCUT2D eigenvalue weighted by molar-refractivity contribution is 9.10. The molecule has 1 fully saturated rings. The highest BCUT2D eigenvalue weighted by Gasteiger charge is 2.48. The zero-order valence-electron chi connectivity index (χ0n) is 13.3. The SMILES string of the molecule is Cc1cc(N2C(=S)NC3CC2(C)Oc2ccc(Br)cc23)ccc1F. The molecule has 2 unspecified atom stereocenters. The molecule has 0 aliphatic carbocycles. The van der Waals surface area contributed by atoms with Crippen molar-refractivity contribution in [3.8, 4) is 5.75 Å². The quantitative estimate of drug-likeness (QED) is 0.685. The third kappa shape index (κ3) is 2.40. The molecule has 1 saturated heterocycles. The van der Waals surface area contributed by atoms with Gasteiger partial charge in [0.05, 0.1) is 6.04 Å². The highest BCUT2D eigenvalue weighted by atomic mass is 79.9. The summed E-state index contributed by atoms with van der Waals surface area (Å²) in [5.41, 5.74) is 1.89. The fourth-order valence-corrected chi connectivity index (χ4v) is 4.32. The second-order valence-corrected chi connectivity index (χ2v) is 7.74. The Morgan fingerprint density at radius 2 is 2.12 bits per heavy atom. The molecule has 0 saturated carbocycles. The van der Waals surface area contributed by atoms with Crippen LogP contribution in [0.15, 0.2) is 40.9 Å². The molecule has 2 heterocycles. The molecule has 0 aromatic heterocycles. The Hall–Kier alpha value is -1.66. The molecule has 2 aliphatic rings. The van der Waals surface area contributed by atoms with Gasteiger partial charge in [-0.3, -0.25) is 4.90 Å². The van der Waals surface area contributed by atoms with Gasteiger partial charge in [-0.2, -0.15) is 0 Å². The lowest BCUT2D eigenvalue weighted by Gasteiger charge is -2.52. The molecule has 2 atom stereocenters. The fourth-order valence-electron chi connectivity index (χ4n) is 3.50. The van der Waals surface area contributed by atoms with E-state index in [1.807, 2.05) is 24.0 Å². The zero-order chi connectivity index (χ0) is 17.1. The van der Waals surface area contributed by atoms with E-state index in [9.17, 15) is 4.39 Å². The van der Waals surface area contributed by atoms with Crippen LogP contribution in [-0.2, 0) is 0 Å². The number of anilines is 1. The maximum atomic E-state index is 13.6. The summed E-state index contributed by atoms with van der Waals surface area (Å²) >= 11 is 9.11. The second-order valence-electron chi connectivity index (χ2n) is 6.43. The Bertz CT molecular complexity index is 859. The molecule has 2 aliphatic heterocycles. The first-order chi connectivity index (χ1) is 11.4. The summed E-state index contributed by atoms with van der Waals surface area (Å²) < 4.78 is 21.0. The van der Waals surface area contributed by atoms with Gasteiger partial charge in [0.25, 0.3) is 0 Å². The van der Waals surface area contributed by atoms with E-state index in [4.69, 9.17) is 17.0 Å². The van der Waals surface area contributed by atoms with Crippen LogP contribution >= 0.6 is 28.1 Å². The zero-order valence-corrected chi connectivity index (χ0v) is 15.7. The summed E-state index contributed by atoms with van der Waals surface area (Å²) in [7, 11) is 0. The predicted octanol–water partition coefficient (Wildman–Crippen LogP) is 4.83. The van der Waals surface area contributed by atoms with Crippen LogP contribution in [0, 0.1) is 12.7 Å². The van der Waals surface area contributed by atoms with Crippen molar-refractivity contribution in [1.82, 2.24) is 5.32 Å². The van der Waals surface area contributed by atoms with Gasteiger partial charge in [0.2, 0.25) is 0 Å². The predicted molar refractivity (Wildman–Crippen MR) is 99.9 cm³/mol. The molecule has 24 heavy (non-hydrogen) atoms. The van der Waals surface area contributed by atoms with E-state index in [1.165, 1.54) is 6.07 Å². The van der Waals surface area contributed by atoms with E-state index in [-0.39, 0.29) is 11.9 Å². The van der Waals surface area contributed by atoms with Crippen LogP contribution in [0.4, 0.5) is 10.1 Å². The van der Waals surface area contributed by atoms with Gasteiger partial charge in [-0.25, -0.2) is 4.39 Å². The summed E-state index contributed by atoms with van der Waals surface area (Å²) in [5, 5.41) is 3.99. The van der Waals surface area contributed by atoms with E-state index in [2.05, 4.69) is 27.3 Å². The van der Waals surface area contributed by atoms with Crippen molar-refractivity contribution >= 4 is 38.9 Å². The number of fused-ring (bicyclic) bond motifs is 4. The third-order valence-electron chi connectivity index (χ3n) is 4.63.